The van der Waals surface area contributed by atoms with Crippen LogP contribution in [0.3, 0.4) is 0 Å². The van der Waals surface area contributed by atoms with E-state index in [1.165, 1.54) is 25.1 Å². The molecule has 0 saturated carbocycles. The number of nitrogens with zero attached hydrogens (tertiary/aromatic N) is 2. The van der Waals surface area contributed by atoms with Gasteiger partial charge >= 0.3 is 21.7 Å². The quantitative estimate of drug-likeness (QED) is 0.0300. The third-order valence-electron chi connectivity index (χ3n) is 7.15. The maximum atomic E-state index is 13.1. The van der Waals surface area contributed by atoms with Gasteiger partial charge in [-0.1, -0.05) is 18.4 Å². The van der Waals surface area contributed by atoms with Crippen LogP contribution in [0.4, 0.5) is 5.69 Å². The Hall–Kier alpha value is -3.42. The van der Waals surface area contributed by atoms with Crippen molar-refractivity contribution in [3.8, 4) is 10.4 Å². The summed E-state index contributed by atoms with van der Waals surface area (Å²) in [5.74, 6) is -1.00. The molecule has 0 aliphatic rings. The Bertz CT molecular complexity index is 2130. The molecule has 288 valence electrons. The minimum Gasteiger partial charge on any atom is -0.422 e. The van der Waals surface area contributed by atoms with Crippen molar-refractivity contribution in [3.05, 3.63) is 40.8 Å². The molecule has 0 radical (unpaired) electrons. The van der Waals surface area contributed by atoms with Crippen LogP contribution in [0.25, 0.3) is 21.4 Å². The van der Waals surface area contributed by atoms with Crippen LogP contribution in [0.5, 0.6) is 0 Å². The number of benzene rings is 1. The lowest BCUT2D eigenvalue weighted by Gasteiger charge is -2.25. The van der Waals surface area contributed by atoms with Gasteiger partial charge in [-0.2, -0.15) is 30.3 Å². The fourth-order valence-corrected chi connectivity index (χ4v) is 8.75. The van der Waals surface area contributed by atoms with E-state index in [0.717, 1.165) is 5.06 Å². The number of hydrogen-bond donors (Lipinski definition) is 4. The minimum absolute atomic E-state index is 0.0122. The van der Waals surface area contributed by atoms with E-state index in [4.69, 9.17) is 13.8 Å². The maximum Gasteiger partial charge on any atom is 0.345 e. The smallest absolute Gasteiger partial charge is 0.345 e. The number of hydrogen-bond acceptors (Lipinski definition) is 16. The number of anilines is 1. The molecule has 2 aromatic heterocycles. The first-order valence-corrected chi connectivity index (χ1v) is 21.7. The fourth-order valence-electron chi connectivity index (χ4n) is 4.66. The van der Waals surface area contributed by atoms with E-state index in [1.807, 2.05) is 4.90 Å². The highest BCUT2D eigenvalue weighted by molar-refractivity contribution is 7.97. The number of rotatable bonds is 21. The average molecular weight is 828 g/mol. The van der Waals surface area contributed by atoms with Gasteiger partial charge in [0.05, 0.1) is 16.2 Å². The summed E-state index contributed by atoms with van der Waals surface area (Å²) in [5, 5.41) is 1.13. The topological polar surface area (TPSA) is 272 Å². The lowest BCUT2D eigenvalue weighted by Crippen LogP contribution is -2.29. The molecule has 0 bridgehead atoms. The maximum absolute atomic E-state index is 13.1. The normalized spacial score (nSPS) is 12.2. The summed E-state index contributed by atoms with van der Waals surface area (Å²) in [5.41, 5.74) is -0.670. The highest BCUT2D eigenvalue weighted by atomic mass is 32.3. The van der Waals surface area contributed by atoms with Crippen molar-refractivity contribution in [2.45, 2.75) is 54.1 Å². The Balaban J connectivity index is 1.76. The van der Waals surface area contributed by atoms with E-state index in [0.29, 0.717) is 68.0 Å². The molecule has 2 heterocycles. The first kappa shape index (κ1) is 43.0. The van der Waals surface area contributed by atoms with Crippen molar-refractivity contribution in [3.63, 3.8) is 0 Å². The van der Waals surface area contributed by atoms with Gasteiger partial charge in [0.2, 0.25) is 0 Å². The molecule has 0 spiro atoms. The minimum atomic E-state index is -5.01. The lowest BCUT2D eigenvalue weighted by atomic mass is 10.1. The largest absolute Gasteiger partial charge is 0.422 e. The van der Waals surface area contributed by atoms with Crippen molar-refractivity contribution < 1.29 is 62.5 Å². The molecular weight excluding hydrogens is 791 g/mol. The summed E-state index contributed by atoms with van der Waals surface area (Å²) < 4.78 is 105. The second-order valence-electron chi connectivity index (χ2n) is 11.1. The molecule has 0 fully saturated rings. The van der Waals surface area contributed by atoms with Crippen molar-refractivity contribution >= 4 is 88.5 Å². The van der Waals surface area contributed by atoms with E-state index in [-0.39, 0.29) is 48.3 Å². The summed E-state index contributed by atoms with van der Waals surface area (Å²) in [7, 11) is -12.7. The Labute approximate surface area is 307 Å². The summed E-state index contributed by atoms with van der Waals surface area (Å²) in [6.45, 7) is 1.01. The van der Waals surface area contributed by atoms with Gasteiger partial charge in [0, 0.05) is 68.8 Å². The first-order chi connectivity index (χ1) is 24.3. The highest BCUT2D eigenvalue weighted by Crippen LogP contribution is 2.37. The molecule has 4 N–H and O–H groups in total. The Kier molecular flexibility index (Phi) is 15.8. The van der Waals surface area contributed by atoms with Crippen molar-refractivity contribution in [2.75, 3.05) is 43.1 Å². The van der Waals surface area contributed by atoms with Gasteiger partial charge in [-0.05, 0) is 43.5 Å². The van der Waals surface area contributed by atoms with Gasteiger partial charge in [-0.3, -0.25) is 23.2 Å². The molecular formula is C29H37N3O15S5. The molecule has 0 unspecified atom stereocenters. The Morgan fingerprint density at radius 2 is 1.67 bits per heavy atom. The molecule has 3 aromatic rings. The monoisotopic (exact) mass is 827 g/mol. The molecule has 1 amide bonds. The molecule has 23 heteroatoms. The second-order valence-corrected chi connectivity index (χ2v) is 17.8. The molecule has 52 heavy (non-hydrogen) atoms. The number of fused-ring (bicyclic) bond motifs is 1. The van der Waals surface area contributed by atoms with Crippen LogP contribution in [-0.2, 0) is 49.6 Å². The van der Waals surface area contributed by atoms with Gasteiger partial charge in [-0.25, -0.2) is 9.59 Å². The SMILES string of the molecule is CN(OC(=O)CCCCCN(CCCSNCCS(=O)(=O)O)c1ccc2cc(-c3sc(S(=O)(=O)O)cc3S(=O)(=O)O)c(=O)oc2c1)C(=O)CCC=O. The number of carbonyl (C=O) groups excluding carboxylic acids is 3. The van der Waals surface area contributed by atoms with Crippen LogP contribution >= 0.6 is 23.3 Å². The number of carbonyl (C=O) groups is 3. The zero-order valence-electron chi connectivity index (χ0n) is 27.6. The van der Waals surface area contributed by atoms with Crippen molar-refractivity contribution in [1.29, 1.82) is 0 Å². The Morgan fingerprint density at radius 1 is 0.962 bits per heavy atom. The molecule has 0 atom stereocenters. The van der Waals surface area contributed by atoms with Gasteiger partial charge in [0.15, 0.2) is 0 Å². The number of unbranched alkanes of at least 4 members (excludes halogenated alkanes) is 2. The average Bonchev–Trinajstić information content (AvgIpc) is 3.52. The summed E-state index contributed by atoms with van der Waals surface area (Å²) in [6, 6.07) is 6.68. The highest BCUT2D eigenvalue weighted by Gasteiger charge is 2.28. The number of hydroxylamine groups is 2. The van der Waals surface area contributed by atoms with Crippen LogP contribution in [0, 0.1) is 0 Å². The zero-order valence-corrected chi connectivity index (χ0v) is 31.7. The lowest BCUT2D eigenvalue weighted by molar-refractivity contribution is -0.192. The van der Waals surface area contributed by atoms with Crippen LogP contribution in [0.1, 0.15) is 44.9 Å². The Morgan fingerprint density at radius 3 is 2.33 bits per heavy atom. The van der Waals surface area contributed by atoms with E-state index in [1.54, 1.807) is 18.2 Å². The molecule has 0 aliphatic carbocycles. The fraction of sp³-hybridized carbons (Fsp3) is 0.448. The van der Waals surface area contributed by atoms with Gasteiger partial charge in [0.25, 0.3) is 26.1 Å². The van der Waals surface area contributed by atoms with Crippen molar-refractivity contribution in [1.82, 2.24) is 9.79 Å². The van der Waals surface area contributed by atoms with Crippen LogP contribution < -0.4 is 15.2 Å². The zero-order chi connectivity index (χ0) is 38.7. The van der Waals surface area contributed by atoms with E-state index < -0.39 is 67.6 Å². The molecule has 0 saturated heterocycles. The van der Waals surface area contributed by atoms with Gasteiger partial charge in [-0.15, -0.1) is 11.3 Å². The van der Waals surface area contributed by atoms with Crippen LogP contribution in [0.2, 0.25) is 0 Å². The van der Waals surface area contributed by atoms with E-state index in [9.17, 15) is 53.5 Å². The predicted molar refractivity (Wildman–Crippen MR) is 192 cm³/mol. The van der Waals surface area contributed by atoms with Crippen LogP contribution in [0.15, 0.2) is 48.6 Å². The number of thiophene rings is 1. The number of aldehydes is 1. The third kappa shape index (κ3) is 13.5. The van der Waals surface area contributed by atoms with Crippen molar-refractivity contribution in [2.24, 2.45) is 0 Å². The van der Waals surface area contributed by atoms with E-state index >= 15 is 0 Å². The molecule has 18 nitrogen and oxygen atoms in total. The molecule has 1 aromatic carbocycles. The number of amides is 1. The number of nitrogens with one attached hydrogen (secondary N) is 1. The van der Waals surface area contributed by atoms with Gasteiger partial charge in [0.1, 0.15) is 21.0 Å². The molecule has 0 aliphatic heterocycles. The van der Waals surface area contributed by atoms with Gasteiger partial charge < -0.3 is 18.9 Å². The summed E-state index contributed by atoms with van der Waals surface area (Å²) in [6.07, 6.45) is 2.81. The summed E-state index contributed by atoms with van der Waals surface area (Å²) >= 11 is 1.53. The standard InChI is InChI=1S/C29H37N3O15S5/c1-31(25(34)7-5-14-33)47-26(35)8-3-2-4-12-32(13-6-15-48-30-11-16-50(37,38)39)21-10-9-20-17-22(29(36)46-23(20)18-21)28-24(51(40,41)42)19-27(49-28)52(43,44)45/h9-10,14,17-19,30H,2-8,11-13,15-16H2,1H3,(H,37,38,39)(H,40,41,42)(H,43,44,45). The second kappa shape index (κ2) is 19.1. The third-order valence-corrected chi connectivity index (χ3v) is 12.2. The first-order valence-electron chi connectivity index (χ1n) is 15.4. The molecule has 3 rings (SSSR count). The van der Waals surface area contributed by atoms with Crippen LogP contribution in [-0.4, -0.2) is 100 Å². The van der Waals surface area contributed by atoms with E-state index in [2.05, 4.69) is 4.72 Å². The predicted octanol–water partition coefficient (Wildman–Crippen LogP) is 2.79. The summed E-state index contributed by atoms with van der Waals surface area (Å²) in [4.78, 5) is 53.2.